The molecule has 0 radical (unpaired) electrons. The lowest BCUT2D eigenvalue weighted by Gasteiger charge is -2.26. The minimum absolute atomic E-state index is 0.0166. The van der Waals surface area contributed by atoms with Gasteiger partial charge in [-0.1, -0.05) is 0 Å². The Balaban J connectivity index is 1.33. The molecule has 4 rings (SSSR count). The number of nitrogens with zero attached hydrogens (tertiary/aromatic N) is 3. The molecule has 3 heterocycles. The fraction of sp³-hybridized carbons (Fsp3) is 0.217. The third kappa shape index (κ3) is 6.18. The number of ether oxygens (including phenoxy) is 3. The van der Waals surface area contributed by atoms with E-state index < -0.39 is 28.5 Å². The monoisotopic (exact) mass is 498 g/mol. The van der Waals surface area contributed by atoms with Gasteiger partial charge in [0.15, 0.2) is 6.61 Å². The van der Waals surface area contributed by atoms with Crippen LogP contribution in [-0.4, -0.2) is 67.5 Å². The van der Waals surface area contributed by atoms with Crippen molar-refractivity contribution < 1.29 is 32.2 Å². The van der Waals surface area contributed by atoms with Crippen LogP contribution in [0.25, 0.3) is 0 Å². The van der Waals surface area contributed by atoms with Crippen molar-refractivity contribution in [3.05, 3.63) is 72.7 Å². The molecule has 1 aliphatic heterocycles. The number of nitrogens with one attached hydrogen (secondary N) is 1. The van der Waals surface area contributed by atoms with Crippen LogP contribution in [-0.2, 0) is 24.3 Å². The summed E-state index contributed by atoms with van der Waals surface area (Å²) in [5.74, 6) is -0.986. The highest BCUT2D eigenvalue weighted by Crippen LogP contribution is 2.23. The number of aromatic nitrogens is 2. The summed E-state index contributed by atoms with van der Waals surface area (Å²) in [5.41, 5.74) is 0.399. The lowest BCUT2D eigenvalue weighted by molar-refractivity contribution is -0.119. The van der Waals surface area contributed by atoms with Crippen LogP contribution in [0, 0.1) is 0 Å². The summed E-state index contributed by atoms with van der Waals surface area (Å²) in [4.78, 5) is 32.9. The number of amides is 1. The Kier molecular flexibility index (Phi) is 7.65. The molecule has 11 nitrogen and oxygen atoms in total. The smallest absolute Gasteiger partial charge is 0.344 e. The number of sulfonamides is 1. The van der Waals surface area contributed by atoms with Gasteiger partial charge in [-0.05, 0) is 48.5 Å². The van der Waals surface area contributed by atoms with Crippen molar-refractivity contribution in [3.8, 4) is 11.6 Å². The molecule has 12 heteroatoms. The molecule has 1 aromatic carbocycles. The highest BCUT2D eigenvalue weighted by molar-refractivity contribution is 7.89. The van der Waals surface area contributed by atoms with Gasteiger partial charge in [-0.15, -0.1) is 0 Å². The maximum atomic E-state index is 12.7. The number of pyridine rings is 2. The molecule has 0 spiro atoms. The van der Waals surface area contributed by atoms with Gasteiger partial charge in [0, 0.05) is 31.2 Å². The van der Waals surface area contributed by atoms with Crippen molar-refractivity contribution in [1.29, 1.82) is 0 Å². The Morgan fingerprint density at radius 2 is 1.77 bits per heavy atom. The molecule has 2 aromatic heterocycles. The largest absolute Gasteiger partial charge is 0.452 e. The lowest BCUT2D eigenvalue weighted by Crippen LogP contribution is -2.40. The molecule has 1 aliphatic rings. The second-order valence-electron chi connectivity index (χ2n) is 7.31. The van der Waals surface area contributed by atoms with E-state index in [1.807, 2.05) is 0 Å². The van der Waals surface area contributed by atoms with Crippen LogP contribution >= 0.6 is 0 Å². The highest BCUT2D eigenvalue weighted by atomic mass is 32.2. The average molecular weight is 499 g/mol. The number of rotatable bonds is 8. The van der Waals surface area contributed by atoms with Crippen molar-refractivity contribution >= 4 is 27.6 Å². The second kappa shape index (κ2) is 11.0. The number of carbonyl (C=O) groups is 2. The van der Waals surface area contributed by atoms with Gasteiger partial charge in [-0.2, -0.15) is 4.31 Å². The van der Waals surface area contributed by atoms with Crippen LogP contribution < -0.4 is 10.1 Å². The molecule has 1 fully saturated rings. The summed E-state index contributed by atoms with van der Waals surface area (Å²) in [7, 11) is -3.64. The standard InChI is InChI=1S/C23H22N4O7S/c28-21(26-17-5-7-19(8-6-17)35(30,31)27-11-13-32-14-12-27)16-33-23(29)20-4-2-10-25-22(20)34-18-3-1-9-24-15-18/h1-10,15H,11-14,16H2,(H,26,28). The van der Waals surface area contributed by atoms with Crippen LogP contribution in [0.4, 0.5) is 5.69 Å². The molecule has 1 N–H and O–H groups in total. The first kappa shape index (κ1) is 24.3. The van der Waals surface area contributed by atoms with E-state index in [-0.39, 0.29) is 29.4 Å². The maximum absolute atomic E-state index is 12.7. The van der Waals surface area contributed by atoms with E-state index in [1.54, 1.807) is 24.4 Å². The molecule has 1 saturated heterocycles. The van der Waals surface area contributed by atoms with Crippen LogP contribution in [0.5, 0.6) is 11.6 Å². The van der Waals surface area contributed by atoms with Crippen molar-refractivity contribution in [2.45, 2.75) is 4.90 Å². The zero-order valence-corrected chi connectivity index (χ0v) is 19.3. The number of anilines is 1. The van der Waals surface area contributed by atoms with E-state index in [0.717, 1.165) is 0 Å². The summed E-state index contributed by atoms with van der Waals surface area (Å²) >= 11 is 0. The number of benzene rings is 1. The molecule has 0 saturated carbocycles. The summed E-state index contributed by atoms with van der Waals surface area (Å²) in [6.45, 7) is 0.717. The van der Waals surface area contributed by atoms with Gasteiger partial charge in [0.2, 0.25) is 15.9 Å². The van der Waals surface area contributed by atoms with Gasteiger partial charge >= 0.3 is 5.97 Å². The third-order valence-electron chi connectivity index (χ3n) is 4.92. The van der Waals surface area contributed by atoms with Crippen LogP contribution in [0.3, 0.4) is 0 Å². The minimum Gasteiger partial charge on any atom is -0.452 e. The fourth-order valence-electron chi connectivity index (χ4n) is 3.20. The zero-order valence-electron chi connectivity index (χ0n) is 18.5. The number of hydrogen-bond acceptors (Lipinski definition) is 9. The van der Waals surface area contributed by atoms with E-state index >= 15 is 0 Å². The summed E-state index contributed by atoms with van der Waals surface area (Å²) in [6, 6.07) is 12.1. The van der Waals surface area contributed by atoms with E-state index in [9.17, 15) is 18.0 Å². The molecular weight excluding hydrogens is 476 g/mol. The topological polar surface area (TPSA) is 137 Å². The molecular formula is C23H22N4O7S. The number of carbonyl (C=O) groups excluding carboxylic acids is 2. The van der Waals surface area contributed by atoms with Crippen molar-refractivity contribution in [2.75, 3.05) is 38.2 Å². The predicted octanol–water partition coefficient (Wildman–Crippen LogP) is 2.09. The predicted molar refractivity (Wildman–Crippen MR) is 123 cm³/mol. The minimum atomic E-state index is -3.64. The van der Waals surface area contributed by atoms with E-state index in [2.05, 4.69) is 15.3 Å². The molecule has 182 valence electrons. The quantitative estimate of drug-likeness (QED) is 0.463. The first-order valence-electron chi connectivity index (χ1n) is 10.6. The van der Waals surface area contributed by atoms with Crippen LogP contribution in [0.15, 0.2) is 72.0 Å². The van der Waals surface area contributed by atoms with Gasteiger partial charge in [-0.25, -0.2) is 18.2 Å². The number of morpholine rings is 1. The van der Waals surface area contributed by atoms with Gasteiger partial charge in [0.25, 0.3) is 5.91 Å². The Hall–Kier alpha value is -3.87. The third-order valence-corrected chi connectivity index (χ3v) is 6.83. The number of esters is 1. The zero-order chi connectivity index (χ0) is 24.7. The van der Waals surface area contributed by atoms with Gasteiger partial charge in [0.05, 0.1) is 24.3 Å². The van der Waals surface area contributed by atoms with E-state index in [4.69, 9.17) is 14.2 Å². The van der Waals surface area contributed by atoms with Crippen molar-refractivity contribution in [2.24, 2.45) is 0 Å². The van der Waals surface area contributed by atoms with E-state index in [0.29, 0.717) is 24.7 Å². The molecule has 0 unspecified atom stereocenters. The Labute approximate surface area is 201 Å². The molecule has 0 aliphatic carbocycles. The Morgan fingerprint density at radius 3 is 2.49 bits per heavy atom. The lowest BCUT2D eigenvalue weighted by atomic mass is 10.3. The van der Waals surface area contributed by atoms with E-state index in [1.165, 1.54) is 47.0 Å². The number of hydrogen-bond donors (Lipinski definition) is 1. The molecule has 3 aromatic rings. The van der Waals surface area contributed by atoms with Gasteiger partial charge in [0.1, 0.15) is 11.3 Å². The SMILES string of the molecule is O=C(COC(=O)c1cccnc1Oc1cccnc1)Nc1ccc(S(=O)(=O)N2CCOCC2)cc1. The van der Waals surface area contributed by atoms with Crippen LogP contribution in [0.2, 0.25) is 0 Å². The Bertz CT molecular complexity index is 1280. The van der Waals surface area contributed by atoms with Gasteiger partial charge in [-0.3, -0.25) is 9.78 Å². The molecule has 35 heavy (non-hydrogen) atoms. The first-order chi connectivity index (χ1) is 16.9. The summed E-state index contributed by atoms with van der Waals surface area (Å²) in [6.07, 6.45) is 4.50. The molecule has 0 bridgehead atoms. The molecule has 1 amide bonds. The second-order valence-corrected chi connectivity index (χ2v) is 9.25. The fourth-order valence-corrected chi connectivity index (χ4v) is 4.61. The average Bonchev–Trinajstić information content (AvgIpc) is 2.89. The first-order valence-corrected chi connectivity index (χ1v) is 12.1. The van der Waals surface area contributed by atoms with Crippen molar-refractivity contribution in [3.63, 3.8) is 0 Å². The van der Waals surface area contributed by atoms with Gasteiger partial charge < -0.3 is 19.5 Å². The molecule has 0 atom stereocenters. The highest BCUT2D eigenvalue weighted by Gasteiger charge is 2.26. The van der Waals surface area contributed by atoms with Crippen LogP contribution in [0.1, 0.15) is 10.4 Å². The summed E-state index contributed by atoms with van der Waals surface area (Å²) < 4.78 is 42.6. The summed E-state index contributed by atoms with van der Waals surface area (Å²) in [5, 5.41) is 2.56. The Morgan fingerprint density at radius 1 is 1.03 bits per heavy atom. The normalized spacial score (nSPS) is 14.2. The van der Waals surface area contributed by atoms with Crippen molar-refractivity contribution in [1.82, 2.24) is 14.3 Å². The maximum Gasteiger partial charge on any atom is 0.344 e.